The molecule has 0 saturated heterocycles. The molecule has 0 unspecified atom stereocenters. The average Bonchev–Trinajstić information content (AvgIpc) is 2.78. The van der Waals surface area contributed by atoms with Gasteiger partial charge in [-0.1, -0.05) is 42.8 Å². The molecule has 0 spiro atoms. The number of benzene rings is 3. The number of carbonyl (C=O) groups is 1. The Morgan fingerprint density at radius 1 is 1.00 bits per heavy atom. The fraction of sp³-hybridized carbons (Fsp3) is 0.200. The first-order valence-corrected chi connectivity index (χ1v) is 10.4. The quantitative estimate of drug-likeness (QED) is 0.397. The molecule has 3 aromatic rings. The predicted octanol–water partition coefficient (Wildman–Crippen LogP) is 6.33. The lowest BCUT2D eigenvalue weighted by Crippen LogP contribution is -2.02. The van der Waals surface area contributed by atoms with Crippen molar-refractivity contribution >= 4 is 29.5 Å². The first-order chi connectivity index (χ1) is 15.0. The largest absolute Gasteiger partial charge is 0.490 e. The van der Waals surface area contributed by atoms with Gasteiger partial charge in [0.15, 0.2) is 11.5 Å². The Morgan fingerprint density at radius 2 is 1.68 bits per heavy atom. The standard InChI is InChI=1S/C25H24ClNO4/c1-3-17-7-11-21(12-8-17)27-15-19-13-22(26)24(23(14-19)30-4-2)31-16-18-5-9-20(10-6-18)25(28)29/h5-15H,3-4,16H2,1-2H3,(H,28,29). The van der Waals surface area contributed by atoms with E-state index in [1.807, 2.05) is 25.1 Å². The van der Waals surface area contributed by atoms with E-state index in [1.54, 1.807) is 36.5 Å². The summed E-state index contributed by atoms with van der Waals surface area (Å²) in [6.07, 6.45) is 2.73. The number of carboxylic acid groups (broad SMARTS) is 1. The zero-order valence-electron chi connectivity index (χ0n) is 17.5. The summed E-state index contributed by atoms with van der Waals surface area (Å²) in [4.78, 5) is 15.5. The lowest BCUT2D eigenvalue weighted by molar-refractivity contribution is 0.0697. The van der Waals surface area contributed by atoms with E-state index < -0.39 is 5.97 Å². The van der Waals surface area contributed by atoms with Crippen molar-refractivity contribution in [2.45, 2.75) is 26.9 Å². The van der Waals surface area contributed by atoms with Crippen molar-refractivity contribution in [2.75, 3.05) is 6.61 Å². The van der Waals surface area contributed by atoms with Gasteiger partial charge in [0.25, 0.3) is 0 Å². The number of carboxylic acids is 1. The van der Waals surface area contributed by atoms with E-state index in [1.165, 1.54) is 5.56 Å². The van der Waals surface area contributed by atoms with Crippen LogP contribution in [0.5, 0.6) is 11.5 Å². The minimum atomic E-state index is -0.965. The number of hydrogen-bond donors (Lipinski definition) is 1. The summed E-state index contributed by atoms with van der Waals surface area (Å²) in [5, 5.41) is 9.42. The van der Waals surface area contributed by atoms with Gasteiger partial charge < -0.3 is 14.6 Å². The van der Waals surface area contributed by atoms with Crippen molar-refractivity contribution in [3.63, 3.8) is 0 Å². The smallest absolute Gasteiger partial charge is 0.335 e. The molecule has 0 aliphatic rings. The second-order valence-corrected chi connectivity index (χ2v) is 7.24. The minimum absolute atomic E-state index is 0.227. The molecule has 0 aliphatic heterocycles. The number of halogens is 1. The van der Waals surface area contributed by atoms with E-state index in [0.717, 1.165) is 23.2 Å². The fourth-order valence-electron chi connectivity index (χ4n) is 2.93. The third-order valence-corrected chi connectivity index (χ3v) is 4.90. The van der Waals surface area contributed by atoms with E-state index >= 15 is 0 Å². The highest BCUT2D eigenvalue weighted by Crippen LogP contribution is 2.37. The molecule has 0 fully saturated rings. The third kappa shape index (κ3) is 6.09. The van der Waals surface area contributed by atoms with Crippen LogP contribution in [0.25, 0.3) is 0 Å². The predicted molar refractivity (Wildman–Crippen MR) is 123 cm³/mol. The number of hydrogen-bond acceptors (Lipinski definition) is 4. The van der Waals surface area contributed by atoms with Gasteiger partial charge in [-0.25, -0.2) is 4.79 Å². The maximum atomic E-state index is 11.0. The van der Waals surface area contributed by atoms with E-state index in [2.05, 4.69) is 24.0 Å². The molecule has 0 saturated carbocycles. The zero-order chi connectivity index (χ0) is 22.2. The topological polar surface area (TPSA) is 68.1 Å². The number of aliphatic imine (C=N–C) groups is 1. The Balaban J connectivity index is 1.77. The van der Waals surface area contributed by atoms with Crippen LogP contribution < -0.4 is 9.47 Å². The average molecular weight is 438 g/mol. The van der Waals surface area contributed by atoms with Crippen LogP contribution in [0.1, 0.15) is 40.9 Å². The highest BCUT2D eigenvalue weighted by molar-refractivity contribution is 6.32. The normalized spacial score (nSPS) is 10.9. The second-order valence-electron chi connectivity index (χ2n) is 6.83. The molecule has 3 aromatic carbocycles. The van der Waals surface area contributed by atoms with Crippen molar-refractivity contribution in [3.05, 3.63) is 87.9 Å². The third-order valence-electron chi connectivity index (χ3n) is 4.62. The Labute approximate surface area is 186 Å². The summed E-state index contributed by atoms with van der Waals surface area (Å²) < 4.78 is 11.6. The fourth-order valence-corrected chi connectivity index (χ4v) is 3.20. The minimum Gasteiger partial charge on any atom is -0.490 e. The lowest BCUT2D eigenvalue weighted by Gasteiger charge is -2.14. The molecule has 6 heteroatoms. The first-order valence-electron chi connectivity index (χ1n) is 10.0. The van der Waals surface area contributed by atoms with Gasteiger partial charge in [-0.15, -0.1) is 0 Å². The van der Waals surface area contributed by atoms with Crippen LogP contribution in [0.4, 0.5) is 5.69 Å². The van der Waals surface area contributed by atoms with Gasteiger partial charge in [-0.3, -0.25) is 4.99 Å². The Morgan fingerprint density at radius 3 is 2.29 bits per heavy atom. The van der Waals surface area contributed by atoms with Gasteiger partial charge in [0.05, 0.1) is 22.9 Å². The zero-order valence-corrected chi connectivity index (χ0v) is 18.2. The molecule has 0 aliphatic carbocycles. The SMILES string of the molecule is CCOc1cc(C=Nc2ccc(CC)cc2)cc(Cl)c1OCc1ccc(C(=O)O)cc1. The van der Waals surface area contributed by atoms with Crippen LogP contribution in [0, 0.1) is 0 Å². The van der Waals surface area contributed by atoms with Gasteiger partial charge in [0, 0.05) is 6.21 Å². The molecule has 0 bridgehead atoms. The number of ether oxygens (including phenoxy) is 2. The maximum absolute atomic E-state index is 11.0. The first kappa shape index (κ1) is 22.4. The Bertz CT molecular complexity index is 1060. The van der Waals surface area contributed by atoms with Crippen LogP contribution in [0.15, 0.2) is 65.7 Å². The van der Waals surface area contributed by atoms with Crippen molar-refractivity contribution < 1.29 is 19.4 Å². The van der Waals surface area contributed by atoms with Gasteiger partial charge in [0.2, 0.25) is 0 Å². The van der Waals surface area contributed by atoms with E-state index in [9.17, 15) is 4.79 Å². The van der Waals surface area contributed by atoms with E-state index in [0.29, 0.717) is 23.1 Å². The van der Waals surface area contributed by atoms with E-state index in [4.69, 9.17) is 26.2 Å². The van der Waals surface area contributed by atoms with Crippen LogP contribution in [-0.2, 0) is 13.0 Å². The van der Waals surface area contributed by atoms with Crippen molar-refractivity contribution in [1.82, 2.24) is 0 Å². The number of aryl methyl sites for hydroxylation is 1. The maximum Gasteiger partial charge on any atom is 0.335 e. The monoisotopic (exact) mass is 437 g/mol. The van der Waals surface area contributed by atoms with Gasteiger partial charge in [-0.2, -0.15) is 0 Å². The molecule has 0 aromatic heterocycles. The lowest BCUT2D eigenvalue weighted by atomic mass is 10.1. The van der Waals surface area contributed by atoms with Crippen LogP contribution >= 0.6 is 11.6 Å². The molecule has 31 heavy (non-hydrogen) atoms. The van der Waals surface area contributed by atoms with Crippen LogP contribution in [-0.4, -0.2) is 23.9 Å². The van der Waals surface area contributed by atoms with Crippen LogP contribution in [0.2, 0.25) is 5.02 Å². The summed E-state index contributed by atoms with van der Waals surface area (Å²) in [6, 6.07) is 18.2. The van der Waals surface area contributed by atoms with Gasteiger partial charge >= 0.3 is 5.97 Å². The summed E-state index contributed by atoms with van der Waals surface area (Å²) in [6.45, 7) is 4.69. The van der Waals surface area contributed by atoms with Gasteiger partial charge in [-0.05, 0) is 66.4 Å². The Kier molecular flexibility index (Phi) is 7.68. The highest BCUT2D eigenvalue weighted by Gasteiger charge is 2.13. The molecule has 1 N–H and O–H groups in total. The summed E-state index contributed by atoms with van der Waals surface area (Å²) in [5.41, 5.74) is 3.97. The number of rotatable bonds is 9. The van der Waals surface area contributed by atoms with Gasteiger partial charge in [0.1, 0.15) is 6.61 Å². The number of aromatic carboxylic acids is 1. The molecule has 160 valence electrons. The molecular weight excluding hydrogens is 414 g/mol. The second kappa shape index (κ2) is 10.6. The molecule has 3 rings (SSSR count). The Hall–Kier alpha value is -3.31. The molecule has 0 heterocycles. The molecule has 5 nitrogen and oxygen atoms in total. The summed E-state index contributed by atoms with van der Waals surface area (Å²) in [5.74, 6) is 0.00270. The van der Waals surface area contributed by atoms with E-state index in [-0.39, 0.29) is 12.2 Å². The number of nitrogens with zero attached hydrogens (tertiary/aromatic N) is 1. The van der Waals surface area contributed by atoms with Crippen molar-refractivity contribution in [2.24, 2.45) is 4.99 Å². The molecule has 0 amide bonds. The van der Waals surface area contributed by atoms with Crippen molar-refractivity contribution in [1.29, 1.82) is 0 Å². The summed E-state index contributed by atoms with van der Waals surface area (Å²) >= 11 is 6.48. The highest BCUT2D eigenvalue weighted by atomic mass is 35.5. The van der Waals surface area contributed by atoms with Crippen LogP contribution in [0.3, 0.4) is 0 Å². The van der Waals surface area contributed by atoms with Crippen molar-refractivity contribution in [3.8, 4) is 11.5 Å². The molecule has 0 radical (unpaired) electrons. The molecule has 0 atom stereocenters. The summed E-state index contributed by atoms with van der Waals surface area (Å²) in [7, 11) is 0. The molecular formula is C25H24ClNO4.